The first-order valence-electron chi connectivity index (χ1n) is 6.99. The highest BCUT2D eigenvalue weighted by molar-refractivity contribution is 5.92. The van der Waals surface area contributed by atoms with E-state index >= 15 is 0 Å². The second-order valence-electron chi connectivity index (χ2n) is 4.94. The number of hydrogen-bond acceptors (Lipinski definition) is 6. The summed E-state index contributed by atoms with van der Waals surface area (Å²) in [6, 6.07) is 8.90. The van der Waals surface area contributed by atoms with Crippen LogP contribution in [0.5, 0.6) is 5.88 Å². The van der Waals surface area contributed by atoms with Crippen LogP contribution >= 0.6 is 0 Å². The van der Waals surface area contributed by atoms with Gasteiger partial charge in [0.15, 0.2) is 12.5 Å². The van der Waals surface area contributed by atoms with Crippen LogP contribution in [-0.2, 0) is 4.79 Å². The molecule has 0 radical (unpaired) electrons. The van der Waals surface area contributed by atoms with Crippen molar-refractivity contribution in [3.05, 3.63) is 48.2 Å². The number of carbonyl (C=O) groups excluding carboxylic acids is 1. The number of anilines is 1. The quantitative estimate of drug-likeness (QED) is 0.778. The summed E-state index contributed by atoms with van der Waals surface area (Å²) in [5.41, 5.74) is 2.33. The van der Waals surface area contributed by atoms with Gasteiger partial charge in [0.05, 0.1) is 0 Å². The van der Waals surface area contributed by atoms with Crippen LogP contribution in [0, 0.1) is 13.8 Å². The zero-order chi connectivity index (χ0) is 16.2. The number of nitrogens with zero attached hydrogens (tertiary/aromatic N) is 2. The minimum Gasteiger partial charge on any atom is -0.465 e. The molecule has 118 valence electrons. The fourth-order valence-corrected chi connectivity index (χ4v) is 1.97. The summed E-state index contributed by atoms with van der Waals surface area (Å²) in [6.07, 6.45) is 1.59. The molecule has 0 unspecified atom stereocenters. The molecule has 0 aliphatic rings. The lowest BCUT2D eigenvalue weighted by molar-refractivity contribution is -0.118. The van der Waals surface area contributed by atoms with E-state index in [4.69, 9.17) is 13.7 Å². The molecule has 0 aliphatic carbocycles. The van der Waals surface area contributed by atoms with Gasteiger partial charge >= 0.3 is 0 Å². The van der Waals surface area contributed by atoms with E-state index in [9.17, 15) is 4.79 Å². The molecule has 7 heteroatoms. The zero-order valence-corrected chi connectivity index (χ0v) is 12.7. The van der Waals surface area contributed by atoms with Crippen molar-refractivity contribution >= 4 is 11.6 Å². The van der Waals surface area contributed by atoms with Gasteiger partial charge < -0.3 is 19.0 Å². The summed E-state index contributed by atoms with van der Waals surface area (Å²) in [5, 5.41) is 6.39. The van der Waals surface area contributed by atoms with E-state index in [1.807, 2.05) is 12.1 Å². The van der Waals surface area contributed by atoms with Crippen LogP contribution in [0.25, 0.3) is 11.3 Å². The Labute approximate surface area is 132 Å². The number of amides is 1. The Bertz CT molecular complexity index is 805. The van der Waals surface area contributed by atoms with Gasteiger partial charge in [0.1, 0.15) is 17.7 Å². The van der Waals surface area contributed by atoms with Crippen LogP contribution < -0.4 is 10.1 Å². The van der Waals surface area contributed by atoms with Crippen LogP contribution in [0.3, 0.4) is 0 Å². The Balaban J connectivity index is 1.56. The summed E-state index contributed by atoms with van der Waals surface area (Å²) in [6.45, 7) is 3.39. The molecule has 23 heavy (non-hydrogen) atoms. The fraction of sp³-hybridized carbons (Fsp3) is 0.188. The number of rotatable bonds is 5. The minimum atomic E-state index is -0.282. The Morgan fingerprint density at radius 1 is 1.26 bits per heavy atom. The smallest absolute Gasteiger partial charge is 0.262 e. The summed E-state index contributed by atoms with van der Waals surface area (Å²) in [5.74, 6) is 1.24. The average molecular weight is 313 g/mol. The lowest BCUT2D eigenvalue weighted by Crippen LogP contribution is -2.20. The van der Waals surface area contributed by atoms with Crippen molar-refractivity contribution < 1.29 is 18.5 Å². The maximum absolute atomic E-state index is 11.8. The molecule has 1 aromatic carbocycles. The molecule has 0 fully saturated rings. The van der Waals surface area contributed by atoms with E-state index in [1.54, 1.807) is 38.3 Å². The molecule has 7 nitrogen and oxygen atoms in total. The van der Waals surface area contributed by atoms with Gasteiger partial charge in [-0.15, -0.1) is 0 Å². The van der Waals surface area contributed by atoms with Gasteiger partial charge in [-0.05, 0) is 24.2 Å². The molecule has 1 N–H and O–H groups in total. The number of ether oxygens (including phenoxy) is 1. The molecular weight excluding hydrogens is 298 g/mol. The van der Waals surface area contributed by atoms with E-state index in [-0.39, 0.29) is 18.4 Å². The van der Waals surface area contributed by atoms with Crippen molar-refractivity contribution in [3.63, 3.8) is 0 Å². The topological polar surface area (TPSA) is 90.4 Å². The maximum Gasteiger partial charge on any atom is 0.262 e. The van der Waals surface area contributed by atoms with Gasteiger partial charge in [-0.1, -0.05) is 12.1 Å². The van der Waals surface area contributed by atoms with Gasteiger partial charge in [-0.2, -0.15) is 0 Å². The number of oxazole rings is 1. The zero-order valence-electron chi connectivity index (χ0n) is 12.7. The Morgan fingerprint density at radius 3 is 2.65 bits per heavy atom. The largest absolute Gasteiger partial charge is 0.465 e. The molecule has 0 bridgehead atoms. The third-order valence-corrected chi connectivity index (χ3v) is 3.04. The molecule has 0 spiro atoms. The number of hydrogen-bond donors (Lipinski definition) is 1. The molecule has 2 aromatic heterocycles. The normalized spacial score (nSPS) is 10.5. The minimum absolute atomic E-state index is 0.143. The molecule has 1 amide bonds. The number of benzene rings is 1. The first-order chi connectivity index (χ1) is 11.1. The Kier molecular flexibility index (Phi) is 4.09. The van der Waals surface area contributed by atoms with E-state index in [0.717, 1.165) is 11.3 Å². The second-order valence-corrected chi connectivity index (χ2v) is 4.94. The van der Waals surface area contributed by atoms with Gasteiger partial charge in [0.25, 0.3) is 11.8 Å². The van der Waals surface area contributed by atoms with Gasteiger partial charge in [-0.25, -0.2) is 4.98 Å². The fourth-order valence-electron chi connectivity index (χ4n) is 1.97. The molecule has 0 atom stereocenters. The Morgan fingerprint density at radius 2 is 2.04 bits per heavy atom. The predicted molar refractivity (Wildman–Crippen MR) is 82.0 cm³/mol. The first kappa shape index (κ1) is 14.8. The van der Waals surface area contributed by atoms with E-state index in [1.165, 1.54) is 0 Å². The van der Waals surface area contributed by atoms with Crippen LogP contribution in [0.4, 0.5) is 5.69 Å². The number of aryl methyl sites for hydroxylation is 2. The van der Waals surface area contributed by atoms with Gasteiger partial charge in [-0.3, -0.25) is 4.79 Å². The third-order valence-electron chi connectivity index (χ3n) is 3.04. The molecule has 2 heterocycles. The summed E-state index contributed by atoms with van der Waals surface area (Å²) in [7, 11) is 0. The lowest BCUT2D eigenvalue weighted by atomic mass is 10.1. The Hall–Kier alpha value is -3.09. The first-order valence-corrected chi connectivity index (χ1v) is 6.99. The summed E-state index contributed by atoms with van der Waals surface area (Å²) >= 11 is 0. The summed E-state index contributed by atoms with van der Waals surface area (Å²) in [4.78, 5) is 16.1. The lowest BCUT2D eigenvalue weighted by Gasteiger charge is -2.06. The highest BCUT2D eigenvalue weighted by Gasteiger charge is 2.08. The number of carbonyl (C=O) groups is 1. The van der Waals surface area contributed by atoms with E-state index in [2.05, 4.69) is 15.5 Å². The van der Waals surface area contributed by atoms with Crippen molar-refractivity contribution in [2.24, 2.45) is 0 Å². The standard InChI is InChI=1S/C16H15N3O4/c1-10-7-16(19-23-10)22-9-15(20)18-13-5-3-12(4-6-13)14-8-21-11(2)17-14/h3-8H,9H2,1-2H3,(H,18,20). The molecular formula is C16H15N3O4. The number of aromatic nitrogens is 2. The van der Waals surface area contributed by atoms with Crippen molar-refractivity contribution in [3.8, 4) is 17.1 Å². The van der Waals surface area contributed by atoms with Crippen molar-refractivity contribution in [1.82, 2.24) is 10.1 Å². The monoisotopic (exact) mass is 313 g/mol. The van der Waals surface area contributed by atoms with Crippen LogP contribution in [-0.4, -0.2) is 22.7 Å². The number of nitrogens with one attached hydrogen (secondary N) is 1. The summed E-state index contributed by atoms with van der Waals surface area (Å²) < 4.78 is 15.2. The molecule has 0 saturated carbocycles. The molecule has 0 aliphatic heterocycles. The SMILES string of the molecule is Cc1cc(OCC(=O)Nc2ccc(-c3coc(C)n3)cc2)no1. The highest BCUT2D eigenvalue weighted by atomic mass is 16.5. The highest BCUT2D eigenvalue weighted by Crippen LogP contribution is 2.20. The van der Waals surface area contributed by atoms with Gasteiger partial charge in [0.2, 0.25) is 0 Å². The van der Waals surface area contributed by atoms with Crippen molar-refractivity contribution in [1.29, 1.82) is 0 Å². The van der Waals surface area contributed by atoms with Crippen molar-refractivity contribution in [2.75, 3.05) is 11.9 Å². The van der Waals surface area contributed by atoms with E-state index < -0.39 is 0 Å². The average Bonchev–Trinajstić information content (AvgIpc) is 3.15. The second kappa shape index (κ2) is 6.35. The van der Waals surface area contributed by atoms with Gasteiger partial charge in [0, 0.05) is 24.2 Å². The van der Waals surface area contributed by atoms with Crippen molar-refractivity contribution in [2.45, 2.75) is 13.8 Å². The molecule has 3 rings (SSSR count). The molecule has 3 aromatic rings. The third kappa shape index (κ3) is 3.76. The van der Waals surface area contributed by atoms with Crippen LogP contribution in [0.15, 0.2) is 45.5 Å². The van der Waals surface area contributed by atoms with E-state index in [0.29, 0.717) is 17.3 Å². The van der Waals surface area contributed by atoms with Crippen LogP contribution in [0.1, 0.15) is 11.7 Å². The molecule has 0 saturated heterocycles. The van der Waals surface area contributed by atoms with Crippen LogP contribution in [0.2, 0.25) is 0 Å². The maximum atomic E-state index is 11.8. The predicted octanol–water partition coefficient (Wildman–Crippen LogP) is 2.96.